The van der Waals surface area contributed by atoms with E-state index in [1.165, 1.54) is 0 Å². The average Bonchev–Trinajstić information content (AvgIpc) is 2.60. The number of para-hydroxylation sites is 1. The molecule has 3 unspecified atom stereocenters. The quantitative estimate of drug-likeness (QED) is 0.826. The second-order valence-corrected chi connectivity index (χ2v) is 7.46. The monoisotopic (exact) mass is 348 g/mol. The smallest absolute Gasteiger partial charge is 0.317 e. The van der Waals surface area contributed by atoms with Crippen LogP contribution in [0.15, 0.2) is 24.3 Å². The van der Waals surface area contributed by atoms with Crippen molar-refractivity contribution in [1.82, 2.24) is 10.2 Å². The van der Waals surface area contributed by atoms with Gasteiger partial charge in [0.1, 0.15) is 5.75 Å². The Morgan fingerprint density at radius 3 is 2.72 bits per heavy atom. The van der Waals surface area contributed by atoms with Crippen molar-refractivity contribution in [1.29, 1.82) is 0 Å². The molecule has 0 spiro atoms. The van der Waals surface area contributed by atoms with Crippen LogP contribution in [0.4, 0.5) is 4.79 Å². The molecule has 1 aliphatic heterocycles. The molecule has 1 saturated heterocycles. The van der Waals surface area contributed by atoms with Crippen LogP contribution in [0.2, 0.25) is 0 Å². The summed E-state index contributed by atoms with van der Waals surface area (Å²) in [5.74, 6) is 1.41. The maximum atomic E-state index is 12.8. The zero-order valence-electron chi connectivity index (χ0n) is 15.9. The Balaban J connectivity index is 2.12. The Kier molecular flexibility index (Phi) is 7.12. The summed E-state index contributed by atoms with van der Waals surface area (Å²) in [4.78, 5) is 14.7. The molecule has 2 amide bonds. The van der Waals surface area contributed by atoms with Crippen molar-refractivity contribution in [2.75, 3.05) is 20.2 Å². The fourth-order valence-electron chi connectivity index (χ4n) is 3.52. The molecule has 0 saturated carbocycles. The van der Waals surface area contributed by atoms with E-state index in [-0.39, 0.29) is 24.1 Å². The van der Waals surface area contributed by atoms with Crippen molar-refractivity contribution in [3.63, 3.8) is 0 Å². The molecule has 1 aromatic rings. The summed E-state index contributed by atoms with van der Waals surface area (Å²) < 4.78 is 5.49. The number of rotatable bonds is 6. The topological polar surface area (TPSA) is 61.8 Å². The second-order valence-electron chi connectivity index (χ2n) is 7.46. The Morgan fingerprint density at radius 2 is 2.08 bits per heavy atom. The number of urea groups is 1. The maximum absolute atomic E-state index is 12.8. The molecule has 2 rings (SSSR count). The van der Waals surface area contributed by atoms with Gasteiger partial charge in [0.25, 0.3) is 0 Å². The van der Waals surface area contributed by atoms with Crippen LogP contribution in [0.1, 0.15) is 51.6 Å². The van der Waals surface area contributed by atoms with E-state index in [0.29, 0.717) is 12.5 Å². The molecule has 2 N–H and O–H groups in total. The molecule has 140 valence electrons. The molecule has 1 fully saturated rings. The van der Waals surface area contributed by atoms with Crippen LogP contribution in [-0.4, -0.2) is 42.3 Å². The van der Waals surface area contributed by atoms with E-state index in [2.05, 4.69) is 19.2 Å². The van der Waals surface area contributed by atoms with E-state index in [1.54, 1.807) is 7.11 Å². The third-order valence-electron chi connectivity index (χ3n) is 4.95. The average molecular weight is 348 g/mol. The van der Waals surface area contributed by atoms with Crippen LogP contribution in [0.25, 0.3) is 0 Å². The normalized spacial score (nSPS) is 20.2. The lowest BCUT2D eigenvalue weighted by Gasteiger charge is -2.35. The van der Waals surface area contributed by atoms with Crippen molar-refractivity contribution in [3.8, 4) is 5.75 Å². The third-order valence-corrected chi connectivity index (χ3v) is 4.95. The summed E-state index contributed by atoms with van der Waals surface area (Å²) in [6, 6.07) is 7.72. The highest BCUT2D eigenvalue weighted by atomic mass is 16.5. The minimum Gasteiger partial charge on any atom is -0.496 e. The summed E-state index contributed by atoms with van der Waals surface area (Å²) in [6.45, 7) is 7.47. The summed E-state index contributed by atoms with van der Waals surface area (Å²) in [5, 5.41) is 13.0. The van der Waals surface area contributed by atoms with Crippen molar-refractivity contribution >= 4 is 6.03 Å². The van der Waals surface area contributed by atoms with Gasteiger partial charge in [-0.1, -0.05) is 32.0 Å². The fourth-order valence-corrected chi connectivity index (χ4v) is 3.52. The number of aliphatic hydroxyl groups is 1. The highest BCUT2D eigenvalue weighted by molar-refractivity contribution is 5.75. The number of likely N-dealkylation sites (tertiary alicyclic amines) is 1. The molecule has 3 atom stereocenters. The molecule has 0 radical (unpaired) electrons. The van der Waals surface area contributed by atoms with Crippen LogP contribution in [0.3, 0.4) is 0 Å². The molecule has 0 aliphatic carbocycles. The predicted molar refractivity (Wildman–Crippen MR) is 99.7 cm³/mol. The molecule has 1 heterocycles. The number of ether oxygens (including phenoxy) is 1. The van der Waals surface area contributed by atoms with Gasteiger partial charge in [0.15, 0.2) is 0 Å². The Labute approximate surface area is 151 Å². The Bertz CT molecular complexity index is 560. The lowest BCUT2D eigenvalue weighted by Crippen LogP contribution is -2.48. The van der Waals surface area contributed by atoms with Gasteiger partial charge in [-0.2, -0.15) is 0 Å². The van der Waals surface area contributed by atoms with Gasteiger partial charge in [-0.15, -0.1) is 0 Å². The predicted octanol–water partition coefficient (Wildman–Crippen LogP) is 3.58. The molecule has 25 heavy (non-hydrogen) atoms. The Hall–Kier alpha value is -1.75. The number of piperidine rings is 1. The van der Waals surface area contributed by atoms with Crippen molar-refractivity contribution in [2.45, 2.75) is 52.2 Å². The first kappa shape index (κ1) is 19.6. The van der Waals surface area contributed by atoms with Crippen LogP contribution in [0.5, 0.6) is 5.75 Å². The van der Waals surface area contributed by atoms with E-state index in [4.69, 9.17) is 4.74 Å². The van der Waals surface area contributed by atoms with Gasteiger partial charge in [-0.3, -0.25) is 0 Å². The van der Waals surface area contributed by atoms with E-state index < -0.39 is 0 Å². The van der Waals surface area contributed by atoms with Crippen molar-refractivity contribution in [3.05, 3.63) is 29.8 Å². The number of benzene rings is 1. The molecule has 5 nitrogen and oxygen atoms in total. The number of nitrogens with zero attached hydrogens (tertiary/aromatic N) is 1. The lowest BCUT2D eigenvalue weighted by molar-refractivity contribution is 0.0731. The molecule has 1 aliphatic rings. The highest BCUT2D eigenvalue weighted by Gasteiger charge is 2.28. The maximum Gasteiger partial charge on any atom is 0.317 e. The van der Waals surface area contributed by atoms with Crippen molar-refractivity contribution < 1.29 is 14.6 Å². The van der Waals surface area contributed by atoms with Gasteiger partial charge in [-0.05, 0) is 38.2 Å². The van der Waals surface area contributed by atoms with Crippen LogP contribution in [0, 0.1) is 11.8 Å². The second kappa shape index (κ2) is 9.09. The fraction of sp³-hybridized carbons (Fsp3) is 0.650. The number of amides is 2. The van der Waals surface area contributed by atoms with Gasteiger partial charge < -0.3 is 20.1 Å². The van der Waals surface area contributed by atoms with Crippen LogP contribution < -0.4 is 10.1 Å². The number of carbonyl (C=O) groups excluding carboxylic acids is 1. The van der Waals surface area contributed by atoms with Gasteiger partial charge in [-0.25, -0.2) is 4.79 Å². The number of nitrogens with one attached hydrogen (secondary N) is 1. The summed E-state index contributed by atoms with van der Waals surface area (Å²) in [6.07, 6.45) is 2.38. The minimum atomic E-state index is -0.378. The van der Waals surface area contributed by atoms with Gasteiger partial charge in [0.05, 0.1) is 19.3 Å². The lowest BCUT2D eigenvalue weighted by atomic mass is 9.93. The zero-order valence-corrected chi connectivity index (χ0v) is 15.9. The first-order valence-corrected chi connectivity index (χ1v) is 9.28. The molecule has 5 heteroatoms. The summed E-state index contributed by atoms with van der Waals surface area (Å²) >= 11 is 0. The van der Waals surface area contributed by atoms with Gasteiger partial charge >= 0.3 is 6.03 Å². The molecular formula is C20H32N2O3. The number of hydrogen-bond acceptors (Lipinski definition) is 3. The first-order valence-electron chi connectivity index (χ1n) is 9.28. The van der Waals surface area contributed by atoms with Crippen LogP contribution >= 0.6 is 0 Å². The number of aliphatic hydroxyl groups excluding tert-OH is 1. The third kappa shape index (κ3) is 5.36. The zero-order chi connectivity index (χ0) is 18.4. The highest BCUT2D eigenvalue weighted by Crippen LogP contribution is 2.30. The van der Waals surface area contributed by atoms with Crippen molar-refractivity contribution in [2.24, 2.45) is 11.8 Å². The SMILES string of the molecule is COc1ccccc1C(CC(C)C)NC(=O)N1CCCC(C(C)O)C1. The van der Waals surface area contributed by atoms with E-state index in [1.807, 2.05) is 36.1 Å². The van der Waals surface area contributed by atoms with Gasteiger partial charge in [0, 0.05) is 24.6 Å². The molecular weight excluding hydrogens is 316 g/mol. The van der Waals surface area contributed by atoms with E-state index >= 15 is 0 Å². The van der Waals surface area contributed by atoms with Crippen LogP contribution in [-0.2, 0) is 0 Å². The summed E-state index contributed by atoms with van der Waals surface area (Å²) in [7, 11) is 1.66. The standard InChI is InChI=1S/C20H32N2O3/c1-14(2)12-18(17-9-5-6-10-19(17)25-4)21-20(24)22-11-7-8-16(13-22)15(3)23/h5-6,9-10,14-16,18,23H,7-8,11-13H2,1-4H3,(H,21,24). The summed E-state index contributed by atoms with van der Waals surface area (Å²) in [5.41, 5.74) is 1.01. The first-order chi connectivity index (χ1) is 11.9. The molecule has 0 bridgehead atoms. The number of hydrogen-bond donors (Lipinski definition) is 2. The molecule has 0 aromatic heterocycles. The number of carbonyl (C=O) groups is 1. The minimum absolute atomic E-state index is 0.0538. The number of methoxy groups -OCH3 is 1. The Morgan fingerprint density at radius 1 is 1.36 bits per heavy atom. The van der Waals surface area contributed by atoms with E-state index in [9.17, 15) is 9.90 Å². The molecule has 1 aromatic carbocycles. The van der Waals surface area contributed by atoms with Gasteiger partial charge in [0.2, 0.25) is 0 Å². The largest absolute Gasteiger partial charge is 0.496 e. The van der Waals surface area contributed by atoms with E-state index in [0.717, 1.165) is 37.1 Å².